The number of halogens is 3. The van der Waals surface area contributed by atoms with Gasteiger partial charge in [0.15, 0.2) is 0 Å². The van der Waals surface area contributed by atoms with Crippen molar-refractivity contribution in [3.8, 4) is 5.75 Å². The van der Waals surface area contributed by atoms with Crippen LogP contribution in [0.15, 0.2) is 12.1 Å². The standard InChI is InChI=1S/C10H10F3NO4S.CH4/c1-5-3-7(9(14)15)4-6(2)8(5)18-19(16,17)10(11,12)13;/h3-4H,1-2H3,(H2,14,15);1H4. The predicted octanol–water partition coefficient (Wildman–Crippen LogP) is 2.27. The van der Waals surface area contributed by atoms with Crippen molar-refractivity contribution in [2.45, 2.75) is 26.8 Å². The van der Waals surface area contributed by atoms with E-state index in [0.717, 1.165) is 12.1 Å². The van der Waals surface area contributed by atoms with E-state index in [1.54, 1.807) is 0 Å². The van der Waals surface area contributed by atoms with Gasteiger partial charge in [-0.2, -0.15) is 21.6 Å². The molecule has 20 heavy (non-hydrogen) atoms. The van der Waals surface area contributed by atoms with Crippen LogP contribution in [0, 0.1) is 13.8 Å². The molecule has 0 aliphatic rings. The maximum absolute atomic E-state index is 12.2. The molecule has 5 nitrogen and oxygen atoms in total. The number of amides is 1. The molecule has 0 unspecified atom stereocenters. The average Bonchev–Trinajstić information content (AvgIpc) is 2.21. The van der Waals surface area contributed by atoms with Crippen LogP contribution in [-0.2, 0) is 10.1 Å². The van der Waals surface area contributed by atoms with Crippen LogP contribution in [0.2, 0.25) is 0 Å². The van der Waals surface area contributed by atoms with Gasteiger partial charge < -0.3 is 9.92 Å². The molecule has 114 valence electrons. The molecule has 1 aromatic rings. The lowest BCUT2D eigenvalue weighted by atomic mass is 10.1. The Morgan fingerprint density at radius 2 is 1.60 bits per heavy atom. The fourth-order valence-electron chi connectivity index (χ4n) is 1.38. The van der Waals surface area contributed by atoms with Crippen molar-refractivity contribution in [3.63, 3.8) is 0 Å². The maximum atomic E-state index is 12.2. The summed E-state index contributed by atoms with van der Waals surface area (Å²) in [4.78, 5) is 10.9. The summed E-state index contributed by atoms with van der Waals surface area (Å²) in [6.45, 7) is 2.61. The van der Waals surface area contributed by atoms with Gasteiger partial charge in [-0.15, -0.1) is 0 Å². The van der Waals surface area contributed by atoms with Gasteiger partial charge in [-0.1, -0.05) is 7.43 Å². The van der Waals surface area contributed by atoms with Gasteiger partial charge in [0.05, 0.1) is 0 Å². The van der Waals surface area contributed by atoms with Crippen LogP contribution in [0.4, 0.5) is 13.2 Å². The molecule has 0 heterocycles. The zero-order chi connectivity index (χ0) is 15.0. The molecule has 0 fully saturated rings. The fraction of sp³-hybridized carbons (Fsp3) is 0.364. The van der Waals surface area contributed by atoms with Crippen molar-refractivity contribution in [2.75, 3.05) is 0 Å². The first kappa shape index (κ1) is 18.2. The van der Waals surface area contributed by atoms with E-state index in [9.17, 15) is 26.4 Å². The first-order valence-electron chi connectivity index (χ1n) is 4.87. The van der Waals surface area contributed by atoms with E-state index in [1.807, 2.05) is 0 Å². The summed E-state index contributed by atoms with van der Waals surface area (Å²) in [7, 11) is -5.75. The van der Waals surface area contributed by atoms with E-state index in [2.05, 4.69) is 4.18 Å². The number of carbonyl (C=O) groups excluding carboxylic acids is 1. The SMILES string of the molecule is C.Cc1cc(C(N)=O)cc(C)c1OS(=O)(=O)C(F)(F)F. The van der Waals surface area contributed by atoms with Gasteiger partial charge in [0.25, 0.3) is 0 Å². The second-order valence-electron chi connectivity index (χ2n) is 3.79. The average molecular weight is 313 g/mol. The number of nitrogens with two attached hydrogens (primary N) is 1. The van der Waals surface area contributed by atoms with E-state index < -0.39 is 27.3 Å². The third kappa shape index (κ3) is 3.62. The molecule has 0 aliphatic heterocycles. The molecule has 0 saturated heterocycles. The normalized spacial score (nSPS) is 11.7. The number of rotatable bonds is 3. The Labute approximate surface area is 114 Å². The van der Waals surface area contributed by atoms with Crippen LogP contribution in [-0.4, -0.2) is 19.8 Å². The quantitative estimate of drug-likeness (QED) is 0.685. The zero-order valence-corrected chi connectivity index (χ0v) is 10.7. The lowest BCUT2D eigenvalue weighted by molar-refractivity contribution is -0.0500. The summed E-state index contributed by atoms with van der Waals surface area (Å²) in [6.07, 6.45) is 0. The van der Waals surface area contributed by atoms with E-state index in [1.165, 1.54) is 13.8 Å². The molecule has 0 aliphatic carbocycles. The topological polar surface area (TPSA) is 86.5 Å². The molecular formula is C11H14F3NO4S. The molecule has 0 spiro atoms. The number of hydrogen-bond donors (Lipinski definition) is 1. The Hall–Kier alpha value is -1.77. The largest absolute Gasteiger partial charge is 0.534 e. The summed E-state index contributed by atoms with van der Waals surface area (Å²) in [5.74, 6) is -1.25. The lowest BCUT2D eigenvalue weighted by Crippen LogP contribution is -2.28. The Bertz CT molecular complexity index is 600. The van der Waals surface area contributed by atoms with E-state index >= 15 is 0 Å². The molecule has 2 N–H and O–H groups in total. The highest BCUT2D eigenvalue weighted by molar-refractivity contribution is 7.88. The minimum absolute atomic E-state index is 0. The molecule has 1 aromatic carbocycles. The van der Waals surface area contributed by atoms with Crippen LogP contribution in [0.5, 0.6) is 5.75 Å². The number of benzene rings is 1. The summed E-state index contributed by atoms with van der Waals surface area (Å²) >= 11 is 0. The fourth-order valence-corrected chi connectivity index (χ4v) is 1.96. The summed E-state index contributed by atoms with van der Waals surface area (Å²) < 4.78 is 62.5. The van der Waals surface area contributed by atoms with Crippen LogP contribution in [0.3, 0.4) is 0 Å². The Balaban J connectivity index is 0.00000361. The molecule has 1 amide bonds. The molecule has 0 atom stereocenters. The monoisotopic (exact) mass is 313 g/mol. The van der Waals surface area contributed by atoms with Gasteiger partial charge >= 0.3 is 15.6 Å². The molecule has 0 aromatic heterocycles. The van der Waals surface area contributed by atoms with Crippen molar-refractivity contribution in [2.24, 2.45) is 5.73 Å². The van der Waals surface area contributed by atoms with Gasteiger partial charge in [-0.25, -0.2) is 0 Å². The maximum Gasteiger partial charge on any atom is 0.534 e. The molecule has 9 heteroatoms. The summed E-state index contributed by atoms with van der Waals surface area (Å²) in [5, 5.41) is 0. The van der Waals surface area contributed by atoms with Crippen molar-refractivity contribution in [3.05, 3.63) is 28.8 Å². The van der Waals surface area contributed by atoms with Gasteiger partial charge in [0.1, 0.15) is 5.75 Å². The van der Waals surface area contributed by atoms with Gasteiger partial charge in [-0.05, 0) is 37.1 Å². The first-order chi connectivity index (χ1) is 8.45. The lowest BCUT2D eigenvalue weighted by Gasteiger charge is -2.14. The molecule has 0 radical (unpaired) electrons. The highest BCUT2D eigenvalue weighted by Crippen LogP contribution is 2.31. The molecule has 1 rings (SSSR count). The number of carbonyl (C=O) groups is 1. The zero-order valence-electron chi connectivity index (χ0n) is 9.91. The highest BCUT2D eigenvalue weighted by atomic mass is 32.2. The van der Waals surface area contributed by atoms with Gasteiger partial charge in [0, 0.05) is 5.56 Å². The predicted molar refractivity (Wildman–Crippen MR) is 66.8 cm³/mol. The highest BCUT2D eigenvalue weighted by Gasteiger charge is 2.48. The number of alkyl halides is 3. The number of hydrogen-bond acceptors (Lipinski definition) is 4. The van der Waals surface area contributed by atoms with Crippen LogP contribution >= 0.6 is 0 Å². The first-order valence-corrected chi connectivity index (χ1v) is 6.28. The smallest absolute Gasteiger partial charge is 0.375 e. The molecule has 0 saturated carbocycles. The van der Waals surface area contributed by atoms with Crippen molar-refractivity contribution in [1.82, 2.24) is 0 Å². The van der Waals surface area contributed by atoms with Gasteiger partial charge in [-0.3, -0.25) is 4.79 Å². The summed E-state index contributed by atoms with van der Waals surface area (Å²) in [5.41, 5.74) is -0.337. The molecular weight excluding hydrogens is 299 g/mol. The number of aryl methyl sites for hydroxylation is 2. The van der Waals surface area contributed by atoms with Crippen LogP contribution in [0.1, 0.15) is 28.9 Å². The third-order valence-electron chi connectivity index (χ3n) is 2.22. The second kappa shape index (κ2) is 5.70. The molecule has 0 bridgehead atoms. The van der Waals surface area contributed by atoms with E-state index in [0.29, 0.717) is 0 Å². The van der Waals surface area contributed by atoms with Crippen molar-refractivity contribution >= 4 is 16.0 Å². The Morgan fingerprint density at radius 1 is 1.20 bits per heavy atom. The van der Waals surface area contributed by atoms with E-state index in [4.69, 9.17) is 5.73 Å². The third-order valence-corrected chi connectivity index (χ3v) is 3.17. The number of primary amides is 1. The second-order valence-corrected chi connectivity index (χ2v) is 5.32. The van der Waals surface area contributed by atoms with Crippen LogP contribution in [0.25, 0.3) is 0 Å². The summed E-state index contributed by atoms with van der Waals surface area (Å²) in [6, 6.07) is 2.30. The minimum atomic E-state index is -5.75. The minimum Gasteiger partial charge on any atom is -0.375 e. The van der Waals surface area contributed by atoms with Crippen molar-refractivity contribution < 1.29 is 30.6 Å². The van der Waals surface area contributed by atoms with Crippen molar-refractivity contribution in [1.29, 1.82) is 0 Å². The Kier molecular flexibility index (Phi) is 5.19. The Morgan fingerprint density at radius 3 is 1.90 bits per heavy atom. The van der Waals surface area contributed by atoms with Crippen LogP contribution < -0.4 is 9.92 Å². The van der Waals surface area contributed by atoms with Gasteiger partial charge in [0.2, 0.25) is 5.91 Å². The van der Waals surface area contributed by atoms with E-state index in [-0.39, 0.29) is 24.1 Å².